The van der Waals surface area contributed by atoms with Crippen LogP contribution in [-0.4, -0.2) is 40.0 Å². The Labute approximate surface area is 276 Å². The Hall–Kier alpha value is -6.67. The number of hydrogen-bond acceptors (Lipinski definition) is 6. The van der Waals surface area contributed by atoms with Gasteiger partial charge in [-0.3, -0.25) is 9.59 Å². The first-order valence-corrected chi connectivity index (χ1v) is 15.1. The molecule has 1 aliphatic rings. The van der Waals surface area contributed by atoms with Gasteiger partial charge in [-0.05, 0) is 59.7 Å². The van der Waals surface area contributed by atoms with E-state index in [9.17, 15) is 19.5 Å². The summed E-state index contributed by atoms with van der Waals surface area (Å²) in [6.07, 6.45) is 4.09. The van der Waals surface area contributed by atoms with Crippen molar-refractivity contribution in [1.82, 2.24) is 9.97 Å². The van der Waals surface area contributed by atoms with Gasteiger partial charge in [0.1, 0.15) is 5.75 Å². The lowest BCUT2D eigenvalue weighted by atomic mass is 10.0. The predicted octanol–water partition coefficient (Wildman–Crippen LogP) is 8.16. The van der Waals surface area contributed by atoms with Crippen molar-refractivity contribution in [2.45, 2.75) is 0 Å². The van der Waals surface area contributed by atoms with Gasteiger partial charge >= 0.3 is 5.97 Å². The molecule has 48 heavy (non-hydrogen) atoms. The lowest BCUT2D eigenvalue weighted by molar-refractivity contribution is 0.0696. The molecule has 1 aromatic heterocycles. The number of anilines is 1. The summed E-state index contributed by atoms with van der Waals surface area (Å²) in [5.74, 6) is -0.865. The number of nitrogens with zero attached hydrogens (tertiary/aromatic N) is 3. The maximum absolute atomic E-state index is 13.2. The number of benzene rings is 5. The molecule has 0 aliphatic carbocycles. The molecule has 1 aliphatic heterocycles. The minimum absolute atomic E-state index is 0.0550. The minimum atomic E-state index is -1.17. The average Bonchev–Trinajstić information content (AvgIpc) is 3.39. The van der Waals surface area contributed by atoms with Crippen LogP contribution in [0.1, 0.15) is 42.2 Å². The lowest BCUT2D eigenvalue weighted by Gasteiger charge is -2.15. The largest absolute Gasteiger partial charge is 0.497 e. The summed E-state index contributed by atoms with van der Waals surface area (Å²) >= 11 is 0. The number of imide groups is 1. The Bertz CT molecular complexity index is 2210. The van der Waals surface area contributed by atoms with Crippen LogP contribution in [-0.2, 0) is 0 Å². The van der Waals surface area contributed by atoms with Crippen LogP contribution in [0.3, 0.4) is 0 Å². The fourth-order valence-electron chi connectivity index (χ4n) is 5.52. The van der Waals surface area contributed by atoms with Crippen molar-refractivity contribution in [1.29, 1.82) is 0 Å². The lowest BCUT2D eigenvalue weighted by Crippen LogP contribution is -2.29. The van der Waals surface area contributed by atoms with E-state index < -0.39 is 17.8 Å². The van der Waals surface area contributed by atoms with E-state index in [1.165, 1.54) is 18.2 Å². The second kappa shape index (κ2) is 12.6. The number of ether oxygens (including phenoxy) is 1. The monoisotopic (exact) mass is 629 g/mol. The topological polar surface area (TPSA) is 110 Å². The summed E-state index contributed by atoms with van der Waals surface area (Å²) in [7, 11) is 1.65. The molecular weight excluding hydrogens is 602 g/mol. The number of hydrogen-bond donors (Lipinski definition) is 1. The molecule has 0 radical (unpaired) electrons. The van der Waals surface area contributed by atoms with Crippen LogP contribution in [0.25, 0.3) is 46.1 Å². The first kappa shape index (κ1) is 30.0. The molecule has 5 aromatic carbocycles. The molecule has 1 N–H and O–H groups in total. The number of carbonyl (C=O) groups is 3. The van der Waals surface area contributed by atoms with Crippen molar-refractivity contribution in [3.8, 4) is 39.7 Å². The van der Waals surface area contributed by atoms with E-state index in [0.29, 0.717) is 17.2 Å². The highest BCUT2D eigenvalue weighted by Gasteiger charge is 2.37. The summed E-state index contributed by atoms with van der Waals surface area (Å²) in [4.78, 5) is 48.6. The van der Waals surface area contributed by atoms with Crippen LogP contribution >= 0.6 is 0 Å². The van der Waals surface area contributed by atoms with Crippen LogP contribution in [0.4, 0.5) is 5.69 Å². The Morgan fingerprint density at radius 2 is 1.21 bits per heavy atom. The quantitative estimate of drug-likeness (QED) is 0.134. The first-order chi connectivity index (χ1) is 23.4. The second-order valence-corrected chi connectivity index (χ2v) is 11.1. The van der Waals surface area contributed by atoms with Gasteiger partial charge in [-0.15, -0.1) is 0 Å². The molecule has 0 fully saturated rings. The highest BCUT2D eigenvalue weighted by atomic mass is 16.5. The van der Waals surface area contributed by atoms with Gasteiger partial charge in [0.05, 0.1) is 40.9 Å². The van der Waals surface area contributed by atoms with Gasteiger partial charge < -0.3 is 9.84 Å². The Morgan fingerprint density at radius 1 is 0.646 bits per heavy atom. The Balaban J connectivity index is 1.19. The van der Waals surface area contributed by atoms with E-state index in [1.54, 1.807) is 31.4 Å². The molecule has 0 saturated heterocycles. The molecule has 0 bridgehead atoms. The third-order valence-electron chi connectivity index (χ3n) is 8.10. The van der Waals surface area contributed by atoms with E-state index in [2.05, 4.69) is 0 Å². The summed E-state index contributed by atoms with van der Waals surface area (Å²) in [5.41, 5.74) is 6.61. The SMILES string of the molecule is COc1ccc(C=Cc2ccc(-c3cc(-c4ccc(N5C(=O)c6ccc(C(=O)O)cc6C5=O)cc4)nc(-c4ccccc4)n3)cc2)cc1. The van der Waals surface area contributed by atoms with Crippen molar-refractivity contribution in [3.05, 3.63) is 155 Å². The smallest absolute Gasteiger partial charge is 0.335 e. The number of aromatic carboxylic acids is 1. The van der Waals surface area contributed by atoms with Gasteiger partial charge in [-0.1, -0.05) is 91.0 Å². The van der Waals surface area contributed by atoms with Crippen molar-refractivity contribution in [2.24, 2.45) is 0 Å². The zero-order valence-corrected chi connectivity index (χ0v) is 25.7. The molecule has 2 heterocycles. The fourth-order valence-corrected chi connectivity index (χ4v) is 5.52. The van der Waals surface area contributed by atoms with Crippen molar-refractivity contribution in [3.63, 3.8) is 0 Å². The van der Waals surface area contributed by atoms with Gasteiger partial charge in [-0.25, -0.2) is 19.7 Å². The number of carboxylic acid groups (broad SMARTS) is 1. The van der Waals surface area contributed by atoms with Crippen LogP contribution in [0, 0.1) is 0 Å². The number of amides is 2. The standard InChI is InChI=1S/C40H27N3O5/c1-48-32-20-11-26(12-21-32)8-7-25-9-13-27(14-10-25)35-24-36(42-37(41-35)29-5-3-2-4-6-29)28-15-18-31(19-16-28)43-38(44)33-22-17-30(40(46)47)23-34(33)39(43)45/h2-24H,1H3,(H,46,47). The number of fused-ring (bicyclic) bond motifs is 1. The molecule has 2 amide bonds. The number of carbonyl (C=O) groups excluding carboxylic acids is 2. The van der Waals surface area contributed by atoms with Gasteiger partial charge in [0.15, 0.2) is 5.82 Å². The van der Waals surface area contributed by atoms with Crippen molar-refractivity contribution in [2.75, 3.05) is 12.0 Å². The molecule has 0 saturated carbocycles. The third-order valence-corrected chi connectivity index (χ3v) is 8.10. The molecule has 0 unspecified atom stereocenters. The van der Waals surface area contributed by atoms with Crippen LogP contribution in [0.5, 0.6) is 5.75 Å². The highest BCUT2D eigenvalue weighted by molar-refractivity contribution is 6.34. The van der Waals surface area contributed by atoms with Gasteiger partial charge in [0, 0.05) is 16.7 Å². The predicted molar refractivity (Wildman–Crippen MR) is 185 cm³/mol. The van der Waals surface area contributed by atoms with Crippen LogP contribution < -0.4 is 9.64 Å². The third kappa shape index (κ3) is 5.86. The van der Waals surface area contributed by atoms with Gasteiger partial charge in [-0.2, -0.15) is 0 Å². The molecular formula is C40H27N3O5. The summed E-state index contributed by atoms with van der Waals surface area (Å²) in [6.45, 7) is 0. The van der Waals surface area contributed by atoms with Gasteiger partial charge in [0.2, 0.25) is 0 Å². The number of aromatic nitrogens is 2. The molecule has 0 spiro atoms. The summed E-state index contributed by atoms with van der Waals surface area (Å²) in [6, 6.07) is 38.5. The molecule has 0 atom stereocenters. The van der Waals surface area contributed by atoms with E-state index >= 15 is 0 Å². The molecule has 7 rings (SSSR count). The van der Waals surface area contributed by atoms with Crippen molar-refractivity contribution < 1.29 is 24.2 Å². The number of methoxy groups -OCH3 is 1. The van der Waals surface area contributed by atoms with Crippen LogP contribution in [0.2, 0.25) is 0 Å². The molecule has 8 nitrogen and oxygen atoms in total. The number of rotatable bonds is 8. The Kier molecular flexibility index (Phi) is 7.89. The van der Waals surface area contributed by atoms with E-state index in [0.717, 1.165) is 44.2 Å². The van der Waals surface area contributed by atoms with Crippen molar-refractivity contribution >= 4 is 35.6 Å². The fraction of sp³-hybridized carbons (Fsp3) is 0.0250. The molecule has 6 aromatic rings. The maximum atomic E-state index is 13.2. The molecule has 8 heteroatoms. The second-order valence-electron chi connectivity index (χ2n) is 11.1. The highest BCUT2D eigenvalue weighted by Crippen LogP contribution is 2.32. The Morgan fingerprint density at radius 3 is 1.79 bits per heavy atom. The zero-order valence-electron chi connectivity index (χ0n) is 25.7. The average molecular weight is 630 g/mol. The number of carboxylic acids is 1. The maximum Gasteiger partial charge on any atom is 0.335 e. The summed E-state index contributed by atoms with van der Waals surface area (Å²) < 4.78 is 5.24. The van der Waals surface area contributed by atoms with Gasteiger partial charge in [0.25, 0.3) is 11.8 Å². The molecule has 232 valence electrons. The van der Waals surface area contributed by atoms with E-state index in [-0.39, 0.29) is 16.7 Å². The van der Waals surface area contributed by atoms with Crippen LogP contribution in [0.15, 0.2) is 127 Å². The zero-order chi connectivity index (χ0) is 33.2. The minimum Gasteiger partial charge on any atom is -0.497 e. The normalized spacial score (nSPS) is 12.4. The van der Waals surface area contributed by atoms with E-state index in [4.69, 9.17) is 14.7 Å². The summed E-state index contributed by atoms with van der Waals surface area (Å²) in [5, 5.41) is 9.34. The first-order valence-electron chi connectivity index (χ1n) is 15.1. The van der Waals surface area contributed by atoms with E-state index in [1.807, 2.05) is 97.1 Å².